The third-order valence-corrected chi connectivity index (χ3v) is 4.10. The fourth-order valence-corrected chi connectivity index (χ4v) is 2.54. The lowest BCUT2D eigenvalue weighted by atomic mass is 10.1. The van der Waals surface area contributed by atoms with E-state index in [-0.39, 0.29) is 11.6 Å². The van der Waals surface area contributed by atoms with E-state index in [0.29, 0.717) is 5.39 Å². The van der Waals surface area contributed by atoms with Crippen LogP contribution < -0.4 is 5.56 Å². The molecule has 0 saturated heterocycles. The maximum Gasteiger partial charge on any atom is 0.261 e. The Balaban J connectivity index is 2.19. The van der Waals surface area contributed by atoms with E-state index in [1.807, 2.05) is 46.1 Å². The Bertz CT molecular complexity index is 876. The van der Waals surface area contributed by atoms with E-state index >= 15 is 0 Å². The van der Waals surface area contributed by atoms with Gasteiger partial charge in [0.1, 0.15) is 0 Å². The zero-order chi connectivity index (χ0) is 15.1. The van der Waals surface area contributed by atoms with Crippen molar-refractivity contribution >= 4 is 10.9 Å². The lowest BCUT2D eigenvalue weighted by Gasteiger charge is -2.14. The summed E-state index contributed by atoms with van der Waals surface area (Å²) < 4.78 is 3.40. The molecule has 1 atom stereocenters. The lowest BCUT2D eigenvalue weighted by Crippen LogP contribution is -2.24. The summed E-state index contributed by atoms with van der Waals surface area (Å²) in [4.78, 5) is 17.2. The molecule has 3 rings (SSSR count). The van der Waals surface area contributed by atoms with E-state index in [9.17, 15) is 4.79 Å². The third-order valence-electron chi connectivity index (χ3n) is 4.10. The Morgan fingerprint density at radius 1 is 1.24 bits per heavy atom. The second-order valence-electron chi connectivity index (χ2n) is 5.48. The highest BCUT2D eigenvalue weighted by molar-refractivity contribution is 5.81. The number of fused-ring (bicyclic) bond motifs is 1. The van der Waals surface area contributed by atoms with Gasteiger partial charge in [-0.05, 0) is 38.0 Å². The standard InChI is InChI=1S/C16H18N4O/c1-10-5-6-14-15(11(10)2)17-9-20(16(14)21)12(3)13-7-18-19(4)8-13/h5-9,12H,1-4H3/t12-/m0/s1. The normalized spacial score (nSPS) is 12.8. The molecule has 0 spiro atoms. The summed E-state index contributed by atoms with van der Waals surface area (Å²) in [5.41, 5.74) is 3.97. The number of aryl methyl sites for hydroxylation is 3. The van der Waals surface area contributed by atoms with Gasteiger partial charge in [-0.1, -0.05) is 6.07 Å². The average Bonchev–Trinajstić information content (AvgIpc) is 2.89. The van der Waals surface area contributed by atoms with Crippen molar-refractivity contribution in [2.75, 3.05) is 0 Å². The van der Waals surface area contributed by atoms with Crippen LogP contribution in [0.15, 0.2) is 35.6 Å². The van der Waals surface area contributed by atoms with Crippen LogP contribution in [0, 0.1) is 13.8 Å². The summed E-state index contributed by atoms with van der Waals surface area (Å²) in [7, 11) is 1.86. The summed E-state index contributed by atoms with van der Waals surface area (Å²) in [6.07, 6.45) is 5.33. The summed E-state index contributed by atoms with van der Waals surface area (Å²) in [5.74, 6) is 0. The Labute approximate surface area is 122 Å². The molecule has 0 fully saturated rings. The summed E-state index contributed by atoms with van der Waals surface area (Å²) in [5, 5.41) is 4.83. The predicted molar refractivity (Wildman–Crippen MR) is 82.5 cm³/mol. The fourth-order valence-electron chi connectivity index (χ4n) is 2.54. The van der Waals surface area contributed by atoms with Gasteiger partial charge in [0.15, 0.2) is 0 Å². The molecule has 0 bridgehead atoms. The van der Waals surface area contributed by atoms with Gasteiger partial charge in [0, 0.05) is 18.8 Å². The topological polar surface area (TPSA) is 52.7 Å². The molecular formula is C16H18N4O. The van der Waals surface area contributed by atoms with E-state index < -0.39 is 0 Å². The van der Waals surface area contributed by atoms with Crippen molar-refractivity contribution in [2.24, 2.45) is 7.05 Å². The first-order chi connectivity index (χ1) is 9.99. The van der Waals surface area contributed by atoms with Gasteiger partial charge in [0.05, 0.1) is 29.5 Å². The molecule has 0 aliphatic heterocycles. The second-order valence-corrected chi connectivity index (χ2v) is 5.48. The number of aromatic nitrogens is 4. The van der Waals surface area contributed by atoms with Crippen LogP contribution in [0.5, 0.6) is 0 Å². The van der Waals surface area contributed by atoms with Crippen LogP contribution in [0.1, 0.15) is 29.7 Å². The number of benzene rings is 1. The zero-order valence-electron chi connectivity index (χ0n) is 12.7. The van der Waals surface area contributed by atoms with Crippen LogP contribution in [0.2, 0.25) is 0 Å². The molecule has 0 radical (unpaired) electrons. The molecule has 0 N–H and O–H groups in total. The highest BCUT2D eigenvalue weighted by atomic mass is 16.1. The second kappa shape index (κ2) is 4.84. The minimum atomic E-state index is -0.0929. The quantitative estimate of drug-likeness (QED) is 0.725. The van der Waals surface area contributed by atoms with Crippen LogP contribution in [0.25, 0.3) is 10.9 Å². The van der Waals surface area contributed by atoms with Crippen molar-refractivity contribution in [1.82, 2.24) is 19.3 Å². The van der Waals surface area contributed by atoms with Crippen LogP contribution in [-0.4, -0.2) is 19.3 Å². The smallest absolute Gasteiger partial charge is 0.261 e. The summed E-state index contributed by atoms with van der Waals surface area (Å²) in [6, 6.07) is 3.74. The first-order valence-electron chi connectivity index (χ1n) is 6.94. The van der Waals surface area contributed by atoms with Crippen molar-refractivity contribution in [3.63, 3.8) is 0 Å². The van der Waals surface area contributed by atoms with Crippen molar-refractivity contribution in [2.45, 2.75) is 26.8 Å². The van der Waals surface area contributed by atoms with Gasteiger partial charge in [0.2, 0.25) is 0 Å². The molecule has 0 aliphatic carbocycles. The Hall–Kier alpha value is -2.43. The van der Waals surface area contributed by atoms with E-state index in [0.717, 1.165) is 22.2 Å². The van der Waals surface area contributed by atoms with E-state index in [2.05, 4.69) is 10.1 Å². The van der Waals surface area contributed by atoms with Crippen molar-refractivity contribution < 1.29 is 0 Å². The molecule has 21 heavy (non-hydrogen) atoms. The molecule has 0 amide bonds. The average molecular weight is 282 g/mol. The number of hydrogen-bond acceptors (Lipinski definition) is 3. The number of hydrogen-bond donors (Lipinski definition) is 0. The third kappa shape index (κ3) is 2.14. The van der Waals surface area contributed by atoms with Gasteiger partial charge in [-0.15, -0.1) is 0 Å². The maximum absolute atomic E-state index is 12.7. The first kappa shape index (κ1) is 13.5. The molecule has 5 nitrogen and oxygen atoms in total. The van der Waals surface area contributed by atoms with Crippen molar-refractivity contribution in [3.8, 4) is 0 Å². The van der Waals surface area contributed by atoms with Crippen LogP contribution >= 0.6 is 0 Å². The minimum absolute atomic E-state index is 0.0144. The van der Waals surface area contributed by atoms with Gasteiger partial charge in [-0.3, -0.25) is 14.0 Å². The fraction of sp³-hybridized carbons (Fsp3) is 0.312. The predicted octanol–water partition coefficient (Wildman–Crippen LogP) is 2.36. The van der Waals surface area contributed by atoms with Crippen LogP contribution in [-0.2, 0) is 7.05 Å². The van der Waals surface area contributed by atoms with Crippen LogP contribution in [0.3, 0.4) is 0 Å². The SMILES string of the molecule is Cc1ccc2c(=O)n([C@@H](C)c3cnn(C)c3)cnc2c1C. The molecule has 2 aromatic heterocycles. The Kier molecular flexibility index (Phi) is 3.12. The largest absolute Gasteiger partial charge is 0.291 e. The molecule has 0 aliphatic rings. The van der Waals surface area contributed by atoms with Gasteiger partial charge in [-0.2, -0.15) is 5.10 Å². The molecule has 108 valence electrons. The molecule has 2 heterocycles. The molecule has 0 unspecified atom stereocenters. The summed E-state index contributed by atoms with van der Waals surface area (Å²) in [6.45, 7) is 6.01. The zero-order valence-corrected chi connectivity index (χ0v) is 12.7. The highest BCUT2D eigenvalue weighted by Gasteiger charge is 2.14. The lowest BCUT2D eigenvalue weighted by molar-refractivity contribution is 0.608. The minimum Gasteiger partial charge on any atom is -0.291 e. The molecule has 0 saturated carbocycles. The van der Waals surface area contributed by atoms with Gasteiger partial charge in [0.25, 0.3) is 5.56 Å². The van der Waals surface area contributed by atoms with Crippen LogP contribution in [0.4, 0.5) is 0 Å². The maximum atomic E-state index is 12.7. The van der Waals surface area contributed by atoms with E-state index in [4.69, 9.17) is 0 Å². The van der Waals surface area contributed by atoms with Gasteiger partial charge < -0.3 is 0 Å². The molecule has 3 aromatic rings. The van der Waals surface area contributed by atoms with Crippen molar-refractivity contribution in [3.05, 3.63) is 57.9 Å². The Morgan fingerprint density at radius 2 is 2.00 bits per heavy atom. The summed E-state index contributed by atoms with van der Waals surface area (Å²) >= 11 is 0. The Morgan fingerprint density at radius 3 is 2.67 bits per heavy atom. The highest BCUT2D eigenvalue weighted by Crippen LogP contribution is 2.19. The van der Waals surface area contributed by atoms with Gasteiger partial charge >= 0.3 is 0 Å². The van der Waals surface area contributed by atoms with E-state index in [1.165, 1.54) is 0 Å². The number of rotatable bonds is 2. The monoisotopic (exact) mass is 282 g/mol. The molecule has 5 heteroatoms. The first-order valence-corrected chi connectivity index (χ1v) is 6.94. The van der Waals surface area contributed by atoms with E-state index in [1.54, 1.807) is 21.8 Å². The molecule has 1 aromatic carbocycles. The molecular weight excluding hydrogens is 264 g/mol. The van der Waals surface area contributed by atoms with Crippen molar-refractivity contribution in [1.29, 1.82) is 0 Å². The van der Waals surface area contributed by atoms with Gasteiger partial charge in [-0.25, -0.2) is 4.98 Å². The number of nitrogens with zero attached hydrogens (tertiary/aromatic N) is 4.